The average molecular weight is 276 g/mol. The molecular weight excluding hydrogens is 252 g/mol. The van der Waals surface area contributed by atoms with E-state index < -0.39 is 10.0 Å². The van der Waals surface area contributed by atoms with E-state index in [9.17, 15) is 8.42 Å². The van der Waals surface area contributed by atoms with Crippen LogP contribution in [-0.2, 0) is 14.8 Å². The van der Waals surface area contributed by atoms with Crippen LogP contribution in [0.15, 0.2) is 0 Å². The molecule has 0 radical (unpaired) electrons. The number of rotatable bonds is 5. The summed E-state index contributed by atoms with van der Waals surface area (Å²) in [7, 11) is -3.01. The molecule has 106 valence electrons. The molecule has 2 rings (SSSR count). The lowest BCUT2D eigenvalue weighted by Crippen LogP contribution is -2.50. The first-order chi connectivity index (χ1) is 8.62. The molecule has 0 aromatic carbocycles. The number of piperazine rings is 1. The van der Waals surface area contributed by atoms with Gasteiger partial charge in [-0.15, -0.1) is 0 Å². The van der Waals surface area contributed by atoms with Crippen LogP contribution in [0.1, 0.15) is 26.2 Å². The number of hydrogen-bond donors (Lipinski definition) is 0. The van der Waals surface area contributed by atoms with E-state index in [4.69, 9.17) is 4.74 Å². The quantitative estimate of drug-likeness (QED) is 0.735. The van der Waals surface area contributed by atoms with E-state index in [1.165, 1.54) is 0 Å². The van der Waals surface area contributed by atoms with Crippen molar-refractivity contribution in [2.75, 3.05) is 45.1 Å². The molecule has 6 heteroatoms. The van der Waals surface area contributed by atoms with Crippen molar-refractivity contribution < 1.29 is 13.2 Å². The first-order valence-electron chi connectivity index (χ1n) is 6.93. The van der Waals surface area contributed by atoms with E-state index in [2.05, 4.69) is 4.90 Å². The van der Waals surface area contributed by atoms with Crippen LogP contribution < -0.4 is 0 Å². The van der Waals surface area contributed by atoms with Gasteiger partial charge in [0, 0.05) is 39.3 Å². The van der Waals surface area contributed by atoms with Crippen LogP contribution in [0.5, 0.6) is 0 Å². The van der Waals surface area contributed by atoms with Crippen molar-refractivity contribution in [3.8, 4) is 0 Å². The van der Waals surface area contributed by atoms with Crippen molar-refractivity contribution in [2.24, 2.45) is 0 Å². The third-order valence-electron chi connectivity index (χ3n) is 3.67. The molecule has 0 aromatic heterocycles. The molecule has 2 fully saturated rings. The Morgan fingerprint density at radius 1 is 1.22 bits per heavy atom. The minimum Gasteiger partial charge on any atom is -0.377 e. The summed E-state index contributed by atoms with van der Waals surface area (Å²) in [4.78, 5) is 2.33. The van der Waals surface area contributed by atoms with Gasteiger partial charge in [0.1, 0.15) is 0 Å². The van der Waals surface area contributed by atoms with Gasteiger partial charge >= 0.3 is 0 Å². The van der Waals surface area contributed by atoms with Gasteiger partial charge < -0.3 is 4.74 Å². The SMILES string of the molecule is CCCS(=O)(=O)N1CCN(CC2CCCO2)CC1. The van der Waals surface area contributed by atoms with E-state index >= 15 is 0 Å². The average Bonchev–Trinajstić information content (AvgIpc) is 2.82. The second-order valence-corrected chi connectivity index (χ2v) is 7.24. The Morgan fingerprint density at radius 3 is 2.50 bits per heavy atom. The maximum atomic E-state index is 11.9. The fourth-order valence-corrected chi connectivity index (χ4v) is 4.15. The predicted octanol–water partition coefficient (Wildman–Crippen LogP) is 0.523. The second kappa shape index (κ2) is 6.32. The van der Waals surface area contributed by atoms with Crippen LogP contribution in [0.4, 0.5) is 0 Å². The molecule has 1 atom stereocenters. The molecule has 0 spiro atoms. The van der Waals surface area contributed by atoms with Crippen LogP contribution in [0, 0.1) is 0 Å². The third-order valence-corrected chi connectivity index (χ3v) is 5.75. The fourth-order valence-electron chi connectivity index (χ4n) is 2.65. The highest BCUT2D eigenvalue weighted by atomic mass is 32.2. The Morgan fingerprint density at radius 2 is 1.94 bits per heavy atom. The fraction of sp³-hybridized carbons (Fsp3) is 1.00. The minimum absolute atomic E-state index is 0.277. The molecule has 18 heavy (non-hydrogen) atoms. The van der Waals surface area contributed by atoms with Crippen molar-refractivity contribution >= 4 is 10.0 Å². The summed E-state index contributed by atoms with van der Waals surface area (Å²) in [5.41, 5.74) is 0. The van der Waals surface area contributed by atoms with E-state index in [1.54, 1.807) is 4.31 Å². The monoisotopic (exact) mass is 276 g/mol. The van der Waals surface area contributed by atoms with E-state index in [0.29, 0.717) is 25.6 Å². The molecule has 0 aliphatic carbocycles. The van der Waals surface area contributed by atoms with Crippen LogP contribution in [0.2, 0.25) is 0 Å². The number of nitrogens with zero attached hydrogens (tertiary/aromatic N) is 2. The first kappa shape index (κ1) is 14.2. The highest BCUT2D eigenvalue weighted by molar-refractivity contribution is 7.89. The topological polar surface area (TPSA) is 49.9 Å². The zero-order chi connectivity index (χ0) is 13.0. The van der Waals surface area contributed by atoms with E-state index in [-0.39, 0.29) is 5.75 Å². The normalized spacial score (nSPS) is 27.7. The van der Waals surface area contributed by atoms with Crippen molar-refractivity contribution in [3.63, 3.8) is 0 Å². The Kier molecular flexibility index (Phi) is 5.00. The van der Waals surface area contributed by atoms with Gasteiger partial charge in [-0.05, 0) is 19.3 Å². The van der Waals surface area contributed by atoms with Crippen molar-refractivity contribution in [1.29, 1.82) is 0 Å². The molecule has 2 saturated heterocycles. The third kappa shape index (κ3) is 3.66. The van der Waals surface area contributed by atoms with E-state index in [0.717, 1.165) is 39.1 Å². The summed E-state index contributed by atoms with van der Waals surface area (Å²) in [5.74, 6) is 0.277. The molecule has 0 bridgehead atoms. The summed E-state index contributed by atoms with van der Waals surface area (Å²) in [5, 5.41) is 0. The van der Waals surface area contributed by atoms with Crippen LogP contribution in [-0.4, -0.2) is 68.8 Å². The van der Waals surface area contributed by atoms with Crippen LogP contribution in [0.3, 0.4) is 0 Å². The summed E-state index contributed by atoms with van der Waals surface area (Å²) in [6, 6.07) is 0. The Hall–Kier alpha value is -0.170. The number of ether oxygens (including phenoxy) is 1. The van der Waals surface area contributed by atoms with Gasteiger partial charge in [-0.2, -0.15) is 4.31 Å². The lowest BCUT2D eigenvalue weighted by Gasteiger charge is -2.34. The van der Waals surface area contributed by atoms with Crippen molar-refractivity contribution in [3.05, 3.63) is 0 Å². The standard InChI is InChI=1S/C12H24N2O3S/c1-2-10-18(15,16)14-7-5-13(6-8-14)11-12-4-3-9-17-12/h12H,2-11H2,1H3. The van der Waals surface area contributed by atoms with Gasteiger partial charge in [0.05, 0.1) is 11.9 Å². The predicted molar refractivity (Wildman–Crippen MR) is 71.1 cm³/mol. The smallest absolute Gasteiger partial charge is 0.214 e. The molecule has 0 amide bonds. The van der Waals surface area contributed by atoms with Crippen LogP contribution >= 0.6 is 0 Å². The van der Waals surface area contributed by atoms with Gasteiger partial charge in [-0.25, -0.2) is 8.42 Å². The molecule has 2 heterocycles. The van der Waals surface area contributed by atoms with Gasteiger partial charge in [-0.1, -0.05) is 6.92 Å². The lowest BCUT2D eigenvalue weighted by molar-refractivity contribution is 0.0617. The summed E-state index contributed by atoms with van der Waals surface area (Å²) in [6.45, 7) is 6.69. The molecule has 2 aliphatic heterocycles. The molecule has 2 aliphatic rings. The largest absolute Gasteiger partial charge is 0.377 e. The Bertz CT molecular complexity index is 344. The molecule has 5 nitrogen and oxygen atoms in total. The zero-order valence-electron chi connectivity index (χ0n) is 11.2. The summed E-state index contributed by atoms with van der Waals surface area (Å²) < 4.78 is 31.1. The van der Waals surface area contributed by atoms with Gasteiger partial charge in [0.2, 0.25) is 10.0 Å². The van der Waals surface area contributed by atoms with Gasteiger partial charge in [0.25, 0.3) is 0 Å². The first-order valence-corrected chi connectivity index (χ1v) is 8.54. The lowest BCUT2D eigenvalue weighted by atomic mass is 10.2. The highest BCUT2D eigenvalue weighted by Crippen LogP contribution is 2.15. The second-order valence-electron chi connectivity index (χ2n) is 5.15. The number of hydrogen-bond acceptors (Lipinski definition) is 4. The Labute approximate surface area is 110 Å². The maximum Gasteiger partial charge on any atom is 0.214 e. The minimum atomic E-state index is -3.01. The van der Waals surface area contributed by atoms with Crippen molar-refractivity contribution in [1.82, 2.24) is 9.21 Å². The van der Waals surface area contributed by atoms with Crippen LogP contribution in [0.25, 0.3) is 0 Å². The highest BCUT2D eigenvalue weighted by Gasteiger charge is 2.27. The molecular formula is C12H24N2O3S. The molecule has 1 unspecified atom stereocenters. The molecule has 0 aromatic rings. The van der Waals surface area contributed by atoms with Crippen molar-refractivity contribution in [2.45, 2.75) is 32.3 Å². The summed E-state index contributed by atoms with van der Waals surface area (Å²) in [6.07, 6.45) is 3.37. The number of sulfonamides is 1. The zero-order valence-corrected chi connectivity index (χ0v) is 12.0. The Balaban J connectivity index is 1.77. The van der Waals surface area contributed by atoms with Gasteiger partial charge in [0.15, 0.2) is 0 Å². The maximum absolute atomic E-state index is 11.9. The molecule has 0 N–H and O–H groups in total. The summed E-state index contributed by atoms with van der Waals surface area (Å²) >= 11 is 0. The molecule has 0 saturated carbocycles. The van der Waals surface area contributed by atoms with E-state index in [1.807, 2.05) is 6.92 Å². The van der Waals surface area contributed by atoms with Gasteiger partial charge in [-0.3, -0.25) is 4.90 Å².